The third-order valence-corrected chi connectivity index (χ3v) is 4.54. The van der Waals surface area contributed by atoms with Crippen LogP contribution in [0.5, 0.6) is 0 Å². The highest BCUT2D eigenvalue weighted by molar-refractivity contribution is 5.89. The van der Waals surface area contributed by atoms with Crippen LogP contribution in [0, 0.1) is 11.6 Å². The largest absolute Gasteiger partial charge is 0.332 e. The molecule has 1 aliphatic rings. The minimum Gasteiger partial charge on any atom is -0.332 e. The highest BCUT2D eigenvalue weighted by Crippen LogP contribution is 2.15. The normalized spacial score (nSPS) is 15.2. The number of hydrogen-bond donors (Lipinski definition) is 2. The van der Waals surface area contributed by atoms with Gasteiger partial charge in [-0.1, -0.05) is 30.3 Å². The minimum absolute atomic E-state index is 0.00486. The van der Waals surface area contributed by atoms with E-state index < -0.39 is 11.6 Å². The van der Waals surface area contributed by atoms with Crippen LogP contribution in [0.15, 0.2) is 48.5 Å². The molecule has 0 spiro atoms. The first-order valence-electron chi connectivity index (χ1n) is 8.50. The van der Waals surface area contributed by atoms with Crippen LogP contribution >= 0.6 is 0 Å². The number of nitrogens with zero attached hydrogens (tertiary/aromatic N) is 1. The maximum Gasteiger partial charge on any atom is 0.322 e. The second-order valence-corrected chi connectivity index (χ2v) is 6.28. The summed E-state index contributed by atoms with van der Waals surface area (Å²) in [6, 6.07) is 13.1. The van der Waals surface area contributed by atoms with Crippen molar-refractivity contribution in [1.82, 2.24) is 4.90 Å². The molecule has 1 fully saturated rings. The van der Waals surface area contributed by atoms with Crippen LogP contribution in [0.25, 0.3) is 0 Å². The number of nitrogens with one attached hydrogen (secondary N) is 2. The second kappa shape index (κ2) is 8.07. The quantitative estimate of drug-likeness (QED) is 0.872. The standard InChI is InChI=1S/C19H21F2N3O/c20-16-6-7-18(17(21)14-16)22-19(25)24-12-10-23(11-13-24)9-8-15-4-2-1-3-5-15/h1-7,14H,8-13H2,(H,22,25)/p+1. The lowest BCUT2D eigenvalue weighted by molar-refractivity contribution is -0.903. The molecule has 0 radical (unpaired) electrons. The van der Waals surface area contributed by atoms with Crippen LogP contribution in [0.4, 0.5) is 19.3 Å². The highest BCUT2D eigenvalue weighted by Gasteiger charge is 2.24. The average Bonchev–Trinajstić information content (AvgIpc) is 2.63. The van der Waals surface area contributed by atoms with E-state index in [1.807, 2.05) is 18.2 Å². The van der Waals surface area contributed by atoms with E-state index in [1.54, 1.807) is 4.90 Å². The first-order valence-corrected chi connectivity index (χ1v) is 8.50. The van der Waals surface area contributed by atoms with Crippen LogP contribution < -0.4 is 10.2 Å². The van der Waals surface area contributed by atoms with Crippen LogP contribution in [0.3, 0.4) is 0 Å². The average molecular weight is 346 g/mol. The van der Waals surface area contributed by atoms with E-state index in [-0.39, 0.29) is 11.7 Å². The van der Waals surface area contributed by atoms with Gasteiger partial charge >= 0.3 is 6.03 Å². The molecule has 0 saturated carbocycles. The fourth-order valence-corrected chi connectivity index (χ4v) is 3.03. The number of benzene rings is 2. The molecular weight excluding hydrogens is 324 g/mol. The molecule has 2 aromatic carbocycles. The number of amides is 2. The van der Waals surface area contributed by atoms with Gasteiger partial charge in [0.1, 0.15) is 11.6 Å². The van der Waals surface area contributed by atoms with E-state index in [4.69, 9.17) is 0 Å². The van der Waals surface area contributed by atoms with Gasteiger partial charge in [-0.05, 0) is 17.7 Å². The van der Waals surface area contributed by atoms with Gasteiger partial charge in [0, 0.05) is 12.5 Å². The maximum absolute atomic E-state index is 13.6. The summed E-state index contributed by atoms with van der Waals surface area (Å²) >= 11 is 0. The lowest BCUT2D eigenvalue weighted by Crippen LogP contribution is -3.15. The number of piperazine rings is 1. The Balaban J connectivity index is 1.46. The summed E-state index contributed by atoms with van der Waals surface area (Å²) in [4.78, 5) is 15.4. The third kappa shape index (κ3) is 4.76. The second-order valence-electron chi connectivity index (χ2n) is 6.28. The fraction of sp³-hybridized carbons (Fsp3) is 0.316. The van der Waals surface area contributed by atoms with Crippen molar-refractivity contribution >= 4 is 11.7 Å². The molecule has 132 valence electrons. The molecule has 0 unspecified atom stereocenters. The first kappa shape index (κ1) is 17.4. The van der Waals surface area contributed by atoms with Gasteiger partial charge in [0.05, 0.1) is 38.4 Å². The SMILES string of the molecule is O=C(Nc1ccc(F)cc1F)N1CC[NH+](CCc2ccccc2)CC1. The minimum atomic E-state index is -0.763. The number of carbonyl (C=O) groups excluding carboxylic acids is 1. The first-order chi connectivity index (χ1) is 12.1. The Morgan fingerprint density at radius 2 is 1.80 bits per heavy atom. The number of carbonyl (C=O) groups is 1. The molecule has 6 heteroatoms. The Labute approximate surface area is 146 Å². The number of rotatable bonds is 4. The molecule has 2 N–H and O–H groups in total. The van der Waals surface area contributed by atoms with E-state index in [0.29, 0.717) is 13.1 Å². The van der Waals surface area contributed by atoms with Crippen molar-refractivity contribution in [2.75, 3.05) is 38.0 Å². The van der Waals surface area contributed by atoms with Crippen molar-refractivity contribution in [3.63, 3.8) is 0 Å². The van der Waals surface area contributed by atoms with Crippen LogP contribution in [-0.2, 0) is 6.42 Å². The summed E-state index contributed by atoms with van der Waals surface area (Å²) < 4.78 is 26.5. The van der Waals surface area contributed by atoms with Gasteiger partial charge in [-0.2, -0.15) is 0 Å². The molecule has 25 heavy (non-hydrogen) atoms. The van der Waals surface area contributed by atoms with E-state index >= 15 is 0 Å². The molecule has 1 saturated heterocycles. The lowest BCUT2D eigenvalue weighted by atomic mass is 10.1. The Morgan fingerprint density at radius 3 is 2.48 bits per heavy atom. The van der Waals surface area contributed by atoms with Crippen molar-refractivity contribution < 1.29 is 18.5 Å². The number of hydrogen-bond acceptors (Lipinski definition) is 1. The number of anilines is 1. The summed E-state index contributed by atoms with van der Waals surface area (Å²) in [5.41, 5.74) is 1.33. The van der Waals surface area contributed by atoms with Crippen LogP contribution in [0.2, 0.25) is 0 Å². The summed E-state index contributed by atoms with van der Waals surface area (Å²) in [5, 5.41) is 2.52. The molecule has 2 amide bonds. The maximum atomic E-state index is 13.6. The fourth-order valence-electron chi connectivity index (χ4n) is 3.03. The number of halogens is 2. The zero-order chi connectivity index (χ0) is 17.6. The van der Waals surface area contributed by atoms with Gasteiger partial charge in [0.25, 0.3) is 0 Å². The highest BCUT2D eigenvalue weighted by atomic mass is 19.1. The number of urea groups is 1. The molecule has 3 rings (SSSR count). The van der Waals surface area contributed by atoms with Gasteiger partial charge < -0.3 is 15.1 Å². The van der Waals surface area contributed by atoms with Crippen LogP contribution in [0.1, 0.15) is 5.56 Å². The molecule has 4 nitrogen and oxygen atoms in total. The van der Waals surface area contributed by atoms with Gasteiger partial charge in [-0.15, -0.1) is 0 Å². The van der Waals surface area contributed by atoms with Gasteiger partial charge in [-0.3, -0.25) is 0 Å². The molecule has 2 aromatic rings. The summed E-state index contributed by atoms with van der Waals surface area (Å²) in [6.45, 7) is 4.02. The summed E-state index contributed by atoms with van der Waals surface area (Å²) in [5.74, 6) is -1.42. The molecule has 0 atom stereocenters. The summed E-state index contributed by atoms with van der Waals surface area (Å²) in [7, 11) is 0. The van der Waals surface area contributed by atoms with Crippen molar-refractivity contribution in [3.8, 4) is 0 Å². The van der Waals surface area contributed by atoms with Gasteiger partial charge in [-0.25, -0.2) is 13.6 Å². The Bertz CT molecular complexity index is 716. The van der Waals surface area contributed by atoms with Crippen molar-refractivity contribution in [2.24, 2.45) is 0 Å². The third-order valence-electron chi connectivity index (χ3n) is 4.54. The van der Waals surface area contributed by atoms with Crippen LogP contribution in [-0.4, -0.2) is 43.7 Å². The molecule has 0 aromatic heterocycles. The van der Waals surface area contributed by atoms with E-state index in [9.17, 15) is 13.6 Å². The van der Waals surface area contributed by atoms with E-state index in [2.05, 4.69) is 17.4 Å². The monoisotopic (exact) mass is 346 g/mol. The van der Waals surface area contributed by atoms with Crippen molar-refractivity contribution in [3.05, 3.63) is 65.7 Å². The molecular formula is C19H22F2N3O+. The predicted octanol–water partition coefficient (Wildman–Crippen LogP) is 1.94. The zero-order valence-electron chi connectivity index (χ0n) is 14.0. The summed E-state index contributed by atoms with van der Waals surface area (Å²) in [6.07, 6.45) is 1.02. The Hall–Kier alpha value is -2.47. The zero-order valence-corrected chi connectivity index (χ0v) is 14.0. The van der Waals surface area contributed by atoms with Gasteiger partial charge in [0.2, 0.25) is 0 Å². The van der Waals surface area contributed by atoms with E-state index in [0.717, 1.165) is 38.2 Å². The van der Waals surface area contributed by atoms with Gasteiger partial charge in [0.15, 0.2) is 0 Å². The van der Waals surface area contributed by atoms with E-state index in [1.165, 1.54) is 16.5 Å². The smallest absolute Gasteiger partial charge is 0.322 e. The Morgan fingerprint density at radius 1 is 1.08 bits per heavy atom. The molecule has 0 aliphatic carbocycles. The van der Waals surface area contributed by atoms with Crippen molar-refractivity contribution in [1.29, 1.82) is 0 Å². The molecule has 1 aliphatic heterocycles. The lowest BCUT2D eigenvalue weighted by Gasteiger charge is -2.32. The number of quaternary nitrogens is 1. The Kier molecular flexibility index (Phi) is 5.60. The van der Waals surface area contributed by atoms with Crippen molar-refractivity contribution in [2.45, 2.75) is 6.42 Å². The topological polar surface area (TPSA) is 36.8 Å². The predicted molar refractivity (Wildman–Crippen MR) is 92.7 cm³/mol. The molecule has 0 bridgehead atoms. The molecule has 1 heterocycles.